The van der Waals surface area contributed by atoms with E-state index in [2.05, 4.69) is 29.3 Å². The maximum Gasteiger partial charge on any atom is 0.223 e. The lowest BCUT2D eigenvalue weighted by molar-refractivity contribution is -0.133. The molecule has 1 heterocycles. The number of amides is 1. The van der Waals surface area contributed by atoms with Crippen molar-refractivity contribution in [3.8, 4) is 0 Å². The van der Waals surface area contributed by atoms with Gasteiger partial charge >= 0.3 is 0 Å². The first kappa shape index (κ1) is 12.6. The van der Waals surface area contributed by atoms with E-state index in [9.17, 15) is 4.79 Å². The molecule has 2 rings (SSSR count). The normalized spacial score (nSPS) is 16.3. The van der Waals surface area contributed by atoms with Crippen molar-refractivity contribution in [2.75, 3.05) is 6.54 Å². The highest BCUT2D eigenvalue weighted by molar-refractivity contribution is 7.09. The van der Waals surface area contributed by atoms with Crippen molar-refractivity contribution >= 4 is 17.2 Å². The zero-order valence-electron chi connectivity index (χ0n) is 10.5. The Balaban J connectivity index is 1.84. The molecule has 0 atom stereocenters. The van der Waals surface area contributed by atoms with Gasteiger partial charge in [-0.25, -0.2) is 0 Å². The van der Waals surface area contributed by atoms with Gasteiger partial charge in [0.05, 0.1) is 0 Å². The Hall–Kier alpha value is -0.830. The quantitative estimate of drug-likeness (QED) is 0.784. The molecule has 1 aromatic heterocycles. The molecule has 0 saturated heterocycles. The number of thiophene rings is 1. The molecule has 94 valence electrons. The van der Waals surface area contributed by atoms with E-state index in [0.29, 0.717) is 18.4 Å². The van der Waals surface area contributed by atoms with Gasteiger partial charge in [-0.3, -0.25) is 4.79 Å². The molecule has 17 heavy (non-hydrogen) atoms. The number of hydrogen-bond donors (Lipinski definition) is 0. The molecule has 0 unspecified atom stereocenters. The van der Waals surface area contributed by atoms with E-state index < -0.39 is 0 Å². The molecule has 3 heteroatoms. The summed E-state index contributed by atoms with van der Waals surface area (Å²) in [5, 5.41) is 2.08. The first-order chi connectivity index (χ1) is 8.31. The predicted molar refractivity (Wildman–Crippen MR) is 72.3 cm³/mol. The average Bonchev–Trinajstić information content (AvgIpc) is 3.00. The third kappa shape index (κ3) is 3.32. The summed E-state index contributed by atoms with van der Waals surface area (Å²) in [7, 11) is 0. The maximum atomic E-state index is 12.2. The summed E-state index contributed by atoms with van der Waals surface area (Å²) in [6.07, 6.45) is 6.57. The second-order valence-electron chi connectivity index (χ2n) is 4.70. The van der Waals surface area contributed by atoms with Crippen LogP contribution in [0.1, 0.15) is 43.9 Å². The summed E-state index contributed by atoms with van der Waals surface area (Å²) in [6.45, 7) is 2.97. The topological polar surface area (TPSA) is 20.3 Å². The Labute approximate surface area is 108 Å². The number of carbonyl (C=O) groups is 1. The largest absolute Gasteiger partial charge is 0.340 e. The lowest BCUT2D eigenvalue weighted by Crippen LogP contribution is -2.38. The van der Waals surface area contributed by atoms with Crippen LogP contribution in [0.4, 0.5) is 0 Å². The molecule has 0 aromatic carbocycles. The summed E-state index contributed by atoms with van der Waals surface area (Å²) >= 11 is 1.75. The van der Waals surface area contributed by atoms with E-state index >= 15 is 0 Å². The highest BCUT2D eigenvalue weighted by Crippen LogP contribution is 2.24. The van der Waals surface area contributed by atoms with Crippen molar-refractivity contribution in [3.63, 3.8) is 0 Å². The molecule has 0 aliphatic heterocycles. The summed E-state index contributed by atoms with van der Waals surface area (Å²) in [6, 6.07) is 4.69. The lowest BCUT2D eigenvalue weighted by atomic mass is 10.1. The standard InChI is InChI=1S/C14H21NOS/c1-2-15(12-6-3-4-7-12)14(16)10-9-13-8-5-11-17-13/h5,8,11-12H,2-4,6-7,9-10H2,1H3. The fourth-order valence-electron chi connectivity index (χ4n) is 2.68. The lowest BCUT2D eigenvalue weighted by Gasteiger charge is -2.27. The van der Waals surface area contributed by atoms with Gasteiger partial charge in [0, 0.05) is 23.9 Å². The molecule has 1 fully saturated rings. The smallest absolute Gasteiger partial charge is 0.223 e. The second-order valence-corrected chi connectivity index (χ2v) is 5.73. The van der Waals surface area contributed by atoms with Crippen molar-refractivity contribution in [1.82, 2.24) is 4.90 Å². The van der Waals surface area contributed by atoms with E-state index in [1.807, 2.05) is 0 Å². The SMILES string of the molecule is CCN(C(=O)CCc1cccs1)C1CCCC1. The molecule has 1 aromatic rings. The van der Waals surface area contributed by atoms with E-state index in [4.69, 9.17) is 0 Å². The number of aryl methyl sites for hydroxylation is 1. The van der Waals surface area contributed by atoms with Crippen LogP contribution in [0.2, 0.25) is 0 Å². The molecule has 0 spiro atoms. The van der Waals surface area contributed by atoms with Crippen LogP contribution in [-0.4, -0.2) is 23.4 Å². The van der Waals surface area contributed by atoms with Crippen LogP contribution in [0.15, 0.2) is 17.5 Å². The van der Waals surface area contributed by atoms with Crippen LogP contribution in [0.25, 0.3) is 0 Å². The first-order valence-corrected chi connectivity index (χ1v) is 7.51. The summed E-state index contributed by atoms with van der Waals surface area (Å²) in [5.74, 6) is 0.341. The Bertz CT molecular complexity index is 341. The predicted octanol–water partition coefficient (Wildman–Crippen LogP) is 3.47. The van der Waals surface area contributed by atoms with Crippen LogP contribution < -0.4 is 0 Å². The molecule has 0 radical (unpaired) electrons. The number of rotatable bonds is 5. The minimum absolute atomic E-state index is 0.341. The van der Waals surface area contributed by atoms with Gasteiger partial charge in [-0.15, -0.1) is 11.3 Å². The zero-order chi connectivity index (χ0) is 12.1. The van der Waals surface area contributed by atoms with Crippen molar-refractivity contribution in [2.24, 2.45) is 0 Å². The number of hydrogen-bond acceptors (Lipinski definition) is 2. The average molecular weight is 251 g/mol. The van der Waals surface area contributed by atoms with Gasteiger partial charge in [0.1, 0.15) is 0 Å². The second kappa shape index (κ2) is 6.20. The minimum Gasteiger partial charge on any atom is -0.340 e. The highest BCUT2D eigenvalue weighted by Gasteiger charge is 2.24. The monoisotopic (exact) mass is 251 g/mol. The molecule has 2 nitrogen and oxygen atoms in total. The first-order valence-electron chi connectivity index (χ1n) is 6.63. The highest BCUT2D eigenvalue weighted by atomic mass is 32.1. The van der Waals surface area contributed by atoms with Gasteiger partial charge in [0.25, 0.3) is 0 Å². The number of nitrogens with zero attached hydrogens (tertiary/aromatic N) is 1. The molecule has 0 bridgehead atoms. The van der Waals surface area contributed by atoms with Crippen molar-refractivity contribution in [1.29, 1.82) is 0 Å². The fraction of sp³-hybridized carbons (Fsp3) is 0.643. The minimum atomic E-state index is 0.341. The summed E-state index contributed by atoms with van der Waals surface area (Å²) in [4.78, 5) is 15.6. The van der Waals surface area contributed by atoms with Crippen molar-refractivity contribution in [3.05, 3.63) is 22.4 Å². The van der Waals surface area contributed by atoms with Gasteiger partial charge in [0.15, 0.2) is 0 Å². The van der Waals surface area contributed by atoms with Gasteiger partial charge < -0.3 is 4.90 Å². The Morgan fingerprint density at radius 3 is 2.82 bits per heavy atom. The molecule has 1 aliphatic carbocycles. The summed E-state index contributed by atoms with van der Waals surface area (Å²) < 4.78 is 0. The van der Waals surface area contributed by atoms with Crippen LogP contribution in [-0.2, 0) is 11.2 Å². The molecule has 1 saturated carbocycles. The maximum absolute atomic E-state index is 12.2. The molecule has 1 aliphatic rings. The van der Waals surface area contributed by atoms with E-state index in [1.54, 1.807) is 11.3 Å². The van der Waals surface area contributed by atoms with Crippen LogP contribution in [0, 0.1) is 0 Å². The Morgan fingerprint density at radius 2 is 2.24 bits per heavy atom. The molecule has 1 amide bonds. The van der Waals surface area contributed by atoms with Gasteiger partial charge in [-0.2, -0.15) is 0 Å². The van der Waals surface area contributed by atoms with E-state index in [-0.39, 0.29) is 0 Å². The van der Waals surface area contributed by atoms with Crippen LogP contribution in [0.5, 0.6) is 0 Å². The van der Waals surface area contributed by atoms with Crippen molar-refractivity contribution < 1.29 is 4.79 Å². The third-order valence-electron chi connectivity index (χ3n) is 3.59. The molecule has 0 N–H and O–H groups in total. The van der Waals surface area contributed by atoms with Crippen molar-refractivity contribution in [2.45, 2.75) is 51.5 Å². The van der Waals surface area contributed by atoms with Gasteiger partial charge in [-0.05, 0) is 37.6 Å². The molecular weight excluding hydrogens is 230 g/mol. The van der Waals surface area contributed by atoms with Gasteiger partial charge in [-0.1, -0.05) is 18.9 Å². The molecular formula is C14H21NOS. The third-order valence-corrected chi connectivity index (χ3v) is 4.53. The van der Waals surface area contributed by atoms with Crippen LogP contribution in [0.3, 0.4) is 0 Å². The summed E-state index contributed by atoms with van der Waals surface area (Å²) in [5.41, 5.74) is 0. The van der Waals surface area contributed by atoms with E-state index in [1.165, 1.54) is 30.6 Å². The number of carbonyl (C=O) groups excluding carboxylic acids is 1. The van der Waals surface area contributed by atoms with E-state index in [0.717, 1.165) is 13.0 Å². The van der Waals surface area contributed by atoms with Crippen LogP contribution >= 0.6 is 11.3 Å². The zero-order valence-corrected chi connectivity index (χ0v) is 11.3. The Morgan fingerprint density at radius 1 is 1.47 bits per heavy atom. The van der Waals surface area contributed by atoms with Gasteiger partial charge in [0.2, 0.25) is 5.91 Å². The Kier molecular flexibility index (Phi) is 4.60. The fourth-order valence-corrected chi connectivity index (χ4v) is 3.39.